The van der Waals surface area contributed by atoms with Crippen LogP contribution >= 0.6 is 0 Å². The summed E-state index contributed by atoms with van der Waals surface area (Å²) >= 11 is 0. The van der Waals surface area contributed by atoms with Gasteiger partial charge in [0.2, 0.25) is 5.95 Å². The van der Waals surface area contributed by atoms with E-state index in [4.69, 9.17) is 9.31 Å². The lowest BCUT2D eigenvalue weighted by Gasteiger charge is -2.34. The molecule has 2 aliphatic heterocycles. The van der Waals surface area contributed by atoms with Crippen LogP contribution in [0.2, 0.25) is 0 Å². The second-order valence-electron chi connectivity index (χ2n) is 7.43. The summed E-state index contributed by atoms with van der Waals surface area (Å²) in [5, 5.41) is 9.53. The van der Waals surface area contributed by atoms with Gasteiger partial charge in [0.15, 0.2) is 0 Å². The molecule has 0 radical (unpaired) electrons. The third-order valence-corrected chi connectivity index (χ3v) is 5.28. The molecule has 3 rings (SSSR count). The molecule has 0 unspecified atom stereocenters. The van der Waals surface area contributed by atoms with E-state index >= 15 is 0 Å². The van der Waals surface area contributed by atoms with Gasteiger partial charge in [-0.2, -0.15) is 0 Å². The molecule has 1 atom stereocenters. The maximum atomic E-state index is 9.53. The van der Waals surface area contributed by atoms with Crippen molar-refractivity contribution in [1.82, 2.24) is 9.97 Å². The highest BCUT2D eigenvalue weighted by Crippen LogP contribution is 2.36. The van der Waals surface area contributed by atoms with Crippen LogP contribution in [0.4, 0.5) is 5.95 Å². The molecule has 2 fully saturated rings. The van der Waals surface area contributed by atoms with Gasteiger partial charge < -0.3 is 19.3 Å². The molecule has 1 aromatic rings. The lowest BCUT2D eigenvalue weighted by molar-refractivity contribution is 0.00578. The van der Waals surface area contributed by atoms with Crippen LogP contribution < -0.4 is 10.4 Å². The first-order valence-electron chi connectivity index (χ1n) is 8.39. The van der Waals surface area contributed by atoms with Crippen LogP contribution in [0, 0.1) is 0 Å². The molecule has 126 valence electrons. The van der Waals surface area contributed by atoms with E-state index in [-0.39, 0.29) is 23.9 Å². The predicted octanol–water partition coefficient (Wildman–Crippen LogP) is 1.13. The Labute approximate surface area is 138 Å². The van der Waals surface area contributed by atoms with Gasteiger partial charge >= 0.3 is 7.12 Å². The molecule has 3 heterocycles. The number of anilines is 1. The minimum atomic E-state index is -0.441. The number of hydrogen-bond donors (Lipinski definition) is 1. The fraction of sp³-hybridized carbons (Fsp3) is 0.750. The van der Waals surface area contributed by atoms with E-state index in [9.17, 15) is 5.11 Å². The summed E-state index contributed by atoms with van der Waals surface area (Å²) in [5.74, 6) is 0.670. The molecular weight excluding hydrogens is 293 g/mol. The molecule has 1 aromatic heterocycles. The van der Waals surface area contributed by atoms with E-state index in [2.05, 4.69) is 14.9 Å². The molecular formula is C16H26BN3O3. The number of aliphatic hydroxyl groups excluding tert-OH is 1. The van der Waals surface area contributed by atoms with E-state index in [0.29, 0.717) is 5.95 Å². The van der Waals surface area contributed by atoms with Gasteiger partial charge in [0, 0.05) is 24.4 Å². The van der Waals surface area contributed by atoms with E-state index in [1.54, 1.807) is 12.4 Å². The minimum absolute atomic E-state index is 0.117. The summed E-state index contributed by atoms with van der Waals surface area (Å²) < 4.78 is 12.0. The summed E-state index contributed by atoms with van der Waals surface area (Å²) in [6.07, 6.45) is 6.78. The molecule has 0 spiro atoms. The lowest BCUT2D eigenvalue weighted by Crippen LogP contribution is -2.43. The van der Waals surface area contributed by atoms with E-state index in [0.717, 1.165) is 31.3 Å². The largest absolute Gasteiger partial charge is 0.498 e. The minimum Gasteiger partial charge on any atom is -0.399 e. The molecule has 23 heavy (non-hydrogen) atoms. The van der Waals surface area contributed by atoms with Gasteiger partial charge in [-0.25, -0.2) is 9.97 Å². The maximum Gasteiger partial charge on any atom is 0.498 e. The maximum absolute atomic E-state index is 9.53. The van der Waals surface area contributed by atoms with Gasteiger partial charge in [0.05, 0.1) is 23.9 Å². The SMILES string of the molecule is CC1(C)OB(c2cnc(N3CCCC[C@@H]3CO)nc2)OC1(C)C. The average Bonchev–Trinajstić information content (AvgIpc) is 2.75. The summed E-state index contributed by atoms with van der Waals surface area (Å²) in [7, 11) is -0.441. The number of piperidine rings is 1. The van der Waals surface area contributed by atoms with Gasteiger partial charge in [0.1, 0.15) is 0 Å². The topological polar surface area (TPSA) is 67.7 Å². The van der Waals surface area contributed by atoms with Gasteiger partial charge in [-0.1, -0.05) is 0 Å². The zero-order valence-corrected chi connectivity index (χ0v) is 14.5. The van der Waals surface area contributed by atoms with Gasteiger partial charge in [-0.3, -0.25) is 0 Å². The van der Waals surface area contributed by atoms with Crippen LogP contribution in [0.15, 0.2) is 12.4 Å². The lowest BCUT2D eigenvalue weighted by atomic mass is 9.81. The average molecular weight is 319 g/mol. The van der Waals surface area contributed by atoms with E-state index < -0.39 is 7.12 Å². The van der Waals surface area contributed by atoms with Crippen molar-refractivity contribution in [2.24, 2.45) is 0 Å². The van der Waals surface area contributed by atoms with Crippen molar-refractivity contribution in [3.8, 4) is 0 Å². The van der Waals surface area contributed by atoms with Crippen LogP contribution in [0.5, 0.6) is 0 Å². The van der Waals surface area contributed by atoms with E-state index in [1.165, 1.54) is 0 Å². The number of aliphatic hydroxyl groups is 1. The number of rotatable bonds is 3. The standard InChI is InChI=1S/C16H26BN3O3/c1-15(2)16(3,4)23-17(22-15)12-9-18-14(19-10-12)20-8-6-5-7-13(20)11-21/h9-10,13,21H,5-8,11H2,1-4H3/t13-/m1/s1. The molecule has 0 aromatic carbocycles. The van der Waals surface area contributed by atoms with Crippen molar-refractivity contribution in [2.75, 3.05) is 18.1 Å². The number of aromatic nitrogens is 2. The smallest absolute Gasteiger partial charge is 0.399 e. The monoisotopic (exact) mass is 319 g/mol. The third kappa shape index (κ3) is 3.10. The van der Waals surface area contributed by atoms with Crippen LogP contribution in [0.3, 0.4) is 0 Å². The zero-order valence-electron chi connectivity index (χ0n) is 14.5. The summed E-state index contributed by atoms with van der Waals surface area (Å²) in [6, 6.07) is 0.117. The number of nitrogens with zero attached hydrogens (tertiary/aromatic N) is 3. The molecule has 2 aliphatic rings. The molecule has 2 saturated heterocycles. The first-order chi connectivity index (χ1) is 10.8. The van der Waals surface area contributed by atoms with Gasteiger partial charge in [0.25, 0.3) is 0 Å². The molecule has 0 bridgehead atoms. The Hall–Kier alpha value is -1.18. The van der Waals surface area contributed by atoms with Crippen molar-refractivity contribution in [2.45, 2.75) is 64.2 Å². The Bertz CT molecular complexity index is 534. The normalized spacial score (nSPS) is 26.6. The molecule has 0 amide bonds. The summed E-state index contributed by atoms with van der Waals surface area (Å²) in [5.41, 5.74) is 0.0843. The molecule has 0 saturated carbocycles. The predicted molar refractivity (Wildman–Crippen MR) is 89.8 cm³/mol. The highest BCUT2D eigenvalue weighted by atomic mass is 16.7. The van der Waals surface area contributed by atoms with E-state index in [1.807, 2.05) is 27.7 Å². The fourth-order valence-corrected chi connectivity index (χ4v) is 3.03. The number of hydrogen-bond acceptors (Lipinski definition) is 6. The Morgan fingerprint density at radius 3 is 2.35 bits per heavy atom. The Morgan fingerprint density at radius 1 is 1.17 bits per heavy atom. The van der Waals surface area contributed by atoms with Crippen molar-refractivity contribution in [3.05, 3.63) is 12.4 Å². The van der Waals surface area contributed by atoms with Crippen molar-refractivity contribution < 1.29 is 14.4 Å². The molecule has 0 aliphatic carbocycles. The van der Waals surface area contributed by atoms with Crippen LogP contribution in [0.1, 0.15) is 47.0 Å². The van der Waals surface area contributed by atoms with Crippen molar-refractivity contribution >= 4 is 18.5 Å². The van der Waals surface area contributed by atoms with Crippen molar-refractivity contribution in [3.63, 3.8) is 0 Å². The Balaban J connectivity index is 1.75. The summed E-state index contributed by atoms with van der Waals surface area (Å²) in [4.78, 5) is 11.1. The molecule has 6 nitrogen and oxygen atoms in total. The first-order valence-corrected chi connectivity index (χ1v) is 8.39. The summed E-state index contributed by atoms with van der Waals surface area (Å²) in [6.45, 7) is 9.15. The highest BCUT2D eigenvalue weighted by Gasteiger charge is 2.52. The second kappa shape index (κ2) is 6.04. The van der Waals surface area contributed by atoms with Crippen LogP contribution in [-0.4, -0.2) is 52.6 Å². The fourth-order valence-electron chi connectivity index (χ4n) is 3.03. The Kier molecular flexibility index (Phi) is 4.38. The quantitative estimate of drug-likeness (QED) is 0.843. The zero-order chi connectivity index (χ0) is 16.7. The Morgan fingerprint density at radius 2 is 1.78 bits per heavy atom. The highest BCUT2D eigenvalue weighted by molar-refractivity contribution is 6.61. The van der Waals surface area contributed by atoms with Gasteiger partial charge in [-0.15, -0.1) is 0 Å². The van der Waals surface area contributed by atoms with Crippen LogP contribution in [0.25, 0.3) is 0 Å². The molecule has 7 heteroatoms. The third-order valence-electron chi connectivity index (χ3n) is 5.28. The van der Waals surface area contributed by atoms with Gasteiger partial charge in [-0.05, 0) is 47.0 Å². The van der Waals surface area contributed by atoms with Crippen molar-refractivity contribution in [1.29, 1.82) is 0 Å². The molecule has 1 N–H and O–H groups in total. The first kappa shape index (κ1) is 16.7. The van der Waals surface area contributed by atoms with Crippen LogP contribution in [-0.2, 0) is 9.31 Å². The second-order valence-corrected chi connectivity index (χ2v) is 7.43.